The van der Waals surface area contributed by atoms with E-state index in [0.29, 0.717) is 24.4 Å². The molecule has 0 aliphatic rings. The molecular formula is C17H32ClNO4. The summed E-state index contributed by atoms with van der Waals surface area (Å²) in [5.74, 6) is -0.586. The Labute approximate surface area is 147 Å². The van der Waals surface area contributed by atoms with E-state index < -0.39 is 0 Å². The number of hydrogen-bond donors (Lipinski definition) is 0. The normalized spacial score (nSPS) is 9.65. The van der Waals surface area contributed by atoms with Gasteiger partial charge in [0, 0.05) is 11.1 Å². The van der Waals surface area contributed by atoms with Crippen LogP contribution in [0.4, 0.5) is 0 Å². The van der Waals surface area contributed by atoms with Crippen molar-refractivity contribution in [3.05, 3.63) is 24.3 Å². The van der Waals surface area contributed by atoms with Gasteiger partial charge in [0.1, 0.15) is 13.2 Å². The van der Waals surface area contributed by atoms with Crippen LogP contribution in [0.1, 0.15) is 33.6 Å². The third-order valence-electron chi connectivity index (χ3n) is 2.42. The Bertz CT molecular complexity index is 387. The lowest BCUT2D eigenvalue weighted by Crippen LogP contribution is -3.00. The zero-order valence-corrected chi connectivity index (χ0v) is 16.2. The van der Waals surface area contributed by atoms with Gasteiger partial charge < -0.3 is 26.4 Å². The number of hydrogen-bond acceptors (Lipinski definition) is 4. The fraction of sp³-hybridized carbons (Fsp3) is 0.647. The highest BCUT2D eigenvalue weighted by Crippen LogP contribution is 1.95. The summed E-state index contributed by atoms with van der Waals surface area (Å²) in [6.45, 7) is 14.1. The molecule has 0 aromatic heterocycles. The Morgan fingerprint density at radius 2 is 1.30 bits per heavy atom. The number of quaternary nitrogens is 1. The number of ether oxygens (including phenoxy) is 2. The van der Waals surface area contributed by atoms with E-state index >= 15 is 0 Å². The molecule has 136 valence electrons. The molecule has 0 heterocycles. The minimum Gasteiger partial charge on any atom is -1.00 e. The third-order valence-corrected chi connectivity index (χ3v) is 2.42. The van der Waals surface area contributed by atoms with E-state index in [0.717, 1.165) is 23.9 Å². The quantitative estimate of drug-likeness (QED) is 0.262. The van der Waals surface area contributed by atoms with Crippen LogP contribution < -0.4 is 12.4 Å². The monoisotopic (exact) mass is 349 g/mol. The van der Waals surface area contributed by atoms with Crippen LogP contribution in [0.3, 0.4) is 0 Å². The molecule has 0 bridgehead atoms. The average Bonchev–Trinajstić information content (AvgIpc) is 2.37. The van der Waals surface area contributed by atoms with E-state index in [9.17, 15) is 9.59 Å². The first-order chi connectivity index (χ1) is 10.0. The summed E-state index contributed by atoms with van der Waals surface area (Å²) in [6.07, 6.45) is 1.97. The topological polar surface area (TPSA) is 52.6 Å². The molecular weight excluding hydrogens is 318 g/mol. The summed E-state index contributed by atoms with van der Waals surface area (Å²) >= 11 is 0. The minimum atomic E-state index is -0.302. The summed E-state index contributed by atoms with van der Waals surface area (Å²) in [4.78, 5) is 21.6. The molecule has 6 heteroatoms. The molecule has 0 atom stereocenters. The van der Waals surface area contributed by atoms with Crippen molar-refractivity contribution in [2.45, 2.75) is 33.6 Å². The number of likely N-dealkylation sites (N-methyl/N-ethyl adjacent to an activating group) is 1. The van der Waals surface area contributed by atoms with Crippen LogP contribution >= 0.6 is 0 Å². The van der Waals surface area contributed by atoms with Gasteiger partial charge in [-0.25, -0.2) is 9.59 Å². The molecule has 0 aromatic carbocycles. The van der Waals surface area contributed by atoms with Gasteiger partial charge in [-0.3, -0.25) is 0 Å². The molecule has 0 unspecified atom stereocenters. The summed E-state index contributed by atoms with van der Waals surface area (Å²) in [7, 11) is 6.15. The van der Waals surface area contributed by atoms with Crippen molar-refractivity contribution in [2.24, 2.45) is 0 Å². The number of esters is 2. The molecule has 0 radical (unpaired) electrons. The van der Waals surface area contributed by atoms with Crippen molar-refractivity contribution in [1.82, 2.24) is 0 Å². The van der Waals surface area contributed by atoms with E-state index in [2.05, 4.69) is 41.2 Å². The maximum Gasteiger partial charge on any atom is 0.333 e. The fourth-order valence-corrected chi connectivity index (χ4v) is 0.968. The lowest BCUT2D eigenvalue weighted by molar-refractivity contribution is -0.870. The summed E-state index contributed by atoms with van der Waals surface area (Å²) in [5.41, 5.74) is 0.924. The number of rotatable bonds is 8. The maximum absolute atomic E-state index is 10.9. The van der Waals surface area contributed by atoms with E-state index in [1.54, 1.807) is 13.8 Å². The second-order valence-electron chi connectivity index (χ2n) is 6.20. The van der Waals surface area contributed by atoms with Crippen LogP contribution in [-0.2, 0) is 19.1 Å². The SMILES string of the molecule is C=C(C)C(=O)OCCCC.C=C(C)C(=O)OCC[N+](C)(C)C.[Cl-]. The molecule has 0 N–H and O–H groups in total. The number of unbranched alkanes of at least 4 members (excludes halogenated alkanes) is 1. The first kappa shape index (κ1) is 26.6. The zero-order chi connectivity index (χ0) is 17.8. The largest absolute Gasteiger partial charge is 1.00 e. The van der Waals surface area contributed by atoms with Gasteiger partial charge in [-0.2, -0.15) is 0 Å². The molecule has 23 heavy (non-hydrogen) atoms. The van der Waals surface area contributed by atoms with Gasteiger partial charge in [0.15, 0.2) is 0 Å². The second-order valence-corrected chi connectivity index (χ2v) is 6.20. The van der Waals surface area contributed by atoms with Gasteiger partial charge in [-0.05, 0) is 20.3 Å². The van der Waals surface area contributed by atoms with Crippen molar-refractivity contribution in [1.29, 1.82) is 0 Å². The van der Waals surface area contributed by atoms with Crippen LogP contribution in [0.2, 0.25) is 0 Å². The van der Waals surface area contributed by atoms with E-state index in [1.165, 1.54) is 0 Å². The van der Waals surface area contributed by atoms with Gasteiger partial charge in [-0.15, -0.1) is 0 Å². The molecule has 5 nitrogen and oxygen atoms in total. The number of halogens is 1. The van der Waals surface area contributed by atoms with Crippen LogP contribution in [-0.4, -0.2) is 57.3 Å². The fourth-order valence-electron chi connectivity index (χ4n) is 0.968. The Kier molecular flexibility index (Phi) is 16.5. The smallest absolute Gasteiger partial charge is 0.333 e. The predicted molar refractivity (Wildman–Crippen MR) is 89.4 cm³/mol. The Hall–Kier alpha value is -1.33. The van der Waals surface area contributed by atoms with Crippen LogP contribution in [0.5, 0.6) is 0 Å². The van der Waals surface area contributed by atoms with E-state index in [4.69, 9.17) is 9.47 Å². The highest BCUT2D eigenvalue weighted by Gasteiger charge is 2.09. The Balaban J connectivity index is -0.000000338. The minimum absolute atomic E-state index is 0. The molecule has 0 amide bonds. The first-order valence-electron chi connectivity index (χ1n) is 7.47. The standard InChI is InChI=1S/C9H18NO2.C8H14O2.ClH/c1-8(2)9(11)12-7-6-10(3,4)5;1-4-5-6-10-8(9)7(2)3;/h1,6-7H2,2-5H3;2,4-6H2,1,3H3;1H/q+1;;/p-1. The molecule has 0 aliphatic carbocycles. The van der Waals surface area contributed by atoms with Gasteiger partial charge in [0.25, 0.3) is 0 Å². The lowest BCUT2D eigenvalue weighted by atomic mass is 10.3. The highest BCUT2D eigenvalue weighted by atomic mass is 35.5. The van der Waals surface area contributed by atoms with Crippen LogP contribution in [0.25, 0.3) is 0 Å². The molecule has 0 saturated heterocycles. The summed E-state index contributed by atoms with van der Waals surface area (Å²) < 4.78 is 10.5. The number of carbonyl (C=O) groups is 2. The van der Waals surface area contributed by atoms with E-state index in [1.807, 2.05) is 0 Å². The van der Waals surface area contributed by atoms with Crippen molar-refractivity contribution in [2.75, 3.05) is 40.9 Å². The average molecular weight is 350 g/mol. The second kappa shape index (κ2) is 14.3. The molecule has 0 saturated carbocycles. The van der Waals surface area contributed by atoms with Gasteiger partial charge >= 0.3 is 11.9 Å². The molecule has 0 fully saturated rings. The number of carbonyl (C=O) groups excluding carboxylic acids is 2. The highest BCUT2D eigenvalue weighted by molar-refractivity contribution is 5.87. The van der Waals surface area contributed by atoms with Gasteiger partial charge in [-0.1, -0.05) is 26.5 Å². The predicted octanol–water partition coefficient (Wildman–Crippen LogP) is -0.278. The zero-order valence-electron chi connectivity index (χ0n) is 15.4. The maximum atomic E-state index is 10.9. The van der Waals surface area contributed by atoms with Gasteiger partial charge in [0.05, 0.1) is 27.7 Å². The summed E-state index contributed by atoms with van der Waals surface area (Å²) in [6, 6.07) is 0. The molecule has 0 aromatic rings. The molecule has 0 spiro atoms. The van der Waals surface area contributed by atoms with Crippen molar-refractivity contribution < 1.29 is 36.0 Å². The first-order valence-corrected chi connectivity index (χ1v) is 7.47. The molecule has 0 rings (SSSR count). The van der Waals surface area contributed by atoms with Crippen LogP contribution in [0, 0.1) is 0 Å². The van der Waals surface area contributed by atoms with Crippen molar-refractivity contribution in [3.63, 3.8) is 0 Å². The van der Waals surface area contributed by atoms with E-state index in [-0.39, 0.29) is 24.3 Å². The Morgan fingerprint density at radius 1 is 0.913 bits per heavy atom. The third kappa shape index (κ3) is 20.7. The van der Waals surface area contributed by atoms with Crippen LogP contribution in [0.15, 0.2) is 24.3 Å². The van der Waals surface area contributed by atoms with Crippen molar-refractivity contribution in [3.8, 4) is 0 Å². The number of nitrogens with zero attached hydrogens (tertiary/aromatic N) is 1. The molecule has 0 aliphatic heterocycles. The van der Waals surface area contributed by atoms with Gasteiger partial charge in [0.2, 0.25) is 0 Å². The lowest BCUT2D eigenvalue weighted by Gasteiger charge is -2.23. The Morgan fingerprint density at radius 3 is 1.61 bits per heavy atom. The van der Waals surface area contributed by atoms with Crippen molar-refractivity contribution >= 4 is 11.9 Å². The summed E-state index contributed by atoms with van der Waals surface area (Å²) in [5, 5.41) is 0.